The van der Waals surface area contributed by atoms with Crippen molar-refractivity contribution in [2.45, 2.75) is 51.6 Å². The van der Waals surface area contributed by atoms with E-state index in [0.717, 1.165) is 15.4 Å². The second-order valence-corrected chi connectivity index (χ2v) is 12.4. The molecule has 0 aromatic heterocycles. The number of amides is 2. The lowest BCUT2D eigenvalue weighted by molar-refractivity contribution is -0.140. The van der Waals surface area contributed by atoms with Crippen LogP contribution in [0.5, 0.6) is 0 Å². The van der Waals surface area contributed by atoms with E-state index in [1.807, 2.05) is 13.8 Å². The van der Waals surface area contributed by atoms with Crippen LogP contribution in [0.3, 0.4) is 0 Å². The van der Waals surface area contributed by atoms with Crippen molar-refractivity contribution in [2.24, 2.45) is 0 Å². The zero-order valence-corrected chi connectivity index (χ0v) is 25.8. The second kappa shape index (κ2) is 13.7. The maximum atomic E-state index is 14.1. The Morgan fingerprint density at radius 1 is 0.900 bits per heavy atom. The summed E-state index contributed by atoms with van der Waals surface area (Å²) in [5.74, 6) is -0.954. The number of carbonyl (C=O) groups excluding carboxylic acids is 2. The molecule has 3 rings (SSSR count). The van der Waals surface area contributed by atoms with Crippen LogP contribution in [0.2, 0.25) is 15.1 Å². The first-order valence-corrected chi connectivity index (χ1v) is 15.3. The number of rotatable bonds is 11. The van der Waals surface area contributed by atoms with E-state index in [1.54, 1.807) is 50.2 Å². The van der Waals surface area contributed by atoms with E-state index in [9.17, 15) is 18.0 Å². The maximum absolute atomic E-state index is 14.1. The monoisotopic (exact) mass is 623 g/mol. The molecule has 0 bridgehead atoms. The van der Waals surface area contributed by atoms with Crippen molar-refractivity contribution >= 4 is 62.3 Å². The fourth-order valence-electron chi connectivity index (χ4n) is 4.21. The summed E-state index contributed by atoms with van der Waals surface area (Å²) in [7, 11) is -4.21. The quantitative estimate of drug-likeness (QED) is 0.267. The van der Waals surface area contributed by atoms with Gasteiger partial charge in [-0.3, -0.25) is 13.9 Å². The summed E-state index contributed by atoms with van der Waals surface area (Å²) in [6.07, 6.45) is 0.285. The van der Waals surface area contributed by atoms with Crippen molar-refractivity contribution in [3.05, 3.63) is 92.4 Å². The Morgan fingerprint density at radius 2 is 1.52 bits per heavy atom. The van der Waals surface area contributed by atoms with Gasteiger partial charge in [-0.25, -0.2) is 8.42 Å². The lowest BCUT2D eigenvalue weighted by atomic mass is 10.1. The SMILES string of the molecule is CCNC(=O)[C@@H](CC)N(Cc1c(Cl)cccc1Cl)C(=O)CN(c1ccc(C)c(C)c1)S(=O)(=O)c1ccc(Cl)cc1. The molecule has 0 saturated carbocycles. The van der Waals surface area contributed by atoms with Crippen LogP contribution in [0.15, 0.2) is 65.6 Å². The molecule has 0 heterocycles. The summed E-state index contributed by atoms with van der Waals surface area (Å²) in [6.45, 7) is 7.04. The van der Waals surface area contributed by atoms with Crippen molar-refractivity contribution < 1.29 is 18.0 Å². The number of likely N-dealkylation sites (N-methyl/N-ethyl adjacent to an activating group) is 1. The molecule has 7 nitrogen and oxygen atoms in total. The van der Waals surface area contributed by atoms with E-state index in [1.165, 1.54) is 29.2 Å². The highest BCUT2D eigenvalue weighted by Crippen LogP contribution is 2.29. The number of halogens is 3. The van der Waals surface area contributed by atoms with Crippen LogP contribution in [0.25, 0.3) is 0 Å². The Hall–Kier alpha value is -2.78. The molecule has 1 N–H and O–H groups in total. The predicted octanol–water partition coefficient (Wildman–Crippen LogP) is 6.40. The number of hydrogen-bond donors (Lipinski definition) is 1. The zero-order valence-electron chi connectivity index (χ0n) is 22.7. The van der Waals surface area contributed by atoms with Gasteiger partial charge < -0.3 is 10.2 Å². The Bertz CT molecular complexity index is 1460. The third-order valence-electron chi connectivity index (χ3n) is 6.59. The van der Waals surface area contributed by atoms with E-state index in [-0.39, 0.29) is 23.8 Å². The Kier molecular flexibility index (Phi) is 10.9. The van der Waals surface area contributed by atoms with Crippen LogP contribution in [0, 0.1) is 13.8 Å². The van der Waals surface area contributed by atoms with Gasteiger partial charge >= 0.3 is 0 Å². The highest BCUT2D eigenvalue weighted by atomic mass is 35.5. The van der Waals surface area contributed by atoms with Gasteiger partial charge in [0.2, 0.25) is 11.8 Å². The Labute approximate surface area is 251 Å². The van der Waals surface area contributed by atoms with Crippen molar-refractivity contribution in [1.29, 1.82) is 0 Å². The molecule has 0 spiro atoms. The lowest BCUT2D eigenvalue weighted by Crippen LogP contribution is -2.52. The van der Waals surface area contributed by atoms with E-state index >= 15 is 0 Å². The molecule has 40 heavy (non-hydrogen) atoms. The van der Waals surface area contributed by atoms with Crippen LogP contribution in [-0.4, -0.2) is 44.3 Å². The summed E-state index contributed by atoms with van der Waals surface area (Å²) in [6, 6.07) is 15.0. The van der Waals surface area contributed by atoms with E-state index in [2.05, 4.69) is 5.32 Å². The van der Waals surface area contributed by atoms with Gasteiger partial charge in [0.1, 0.15) is 12.6 Å². The molecule has 0 fully saturated rings. The van der Waals surface area contributed by atoms with Gasteiger partial charge in [-0.15, -0.1) is 0 Å². The molecule has 2 amide bonds. The number of anilines is 1. The number of nitrogens with zero attached hydrogens (tertiary/aromatic N) is 2. The number of benzene rings is 3. The lowest BCUT2D eigenvalue weighted by Gasteiger charge is -2.33. The molecule has 0 aliphatic heterocycles. The van der Waals surface area contributed by atoms with Gasteiger partial charge in [-0.2, -0.15) is 0 Å². The first-order chi connectivity index (χ1) is 18.9. The third-order valence-corrected chi connectivity index (χ3v) is 9.33. The van der Waals surface area contributed by atoms with Crippen LogP contribution in [-0.2, 0) is 26.2 Å². The molecule has 0 aliphatic rings. The minimum Gasteiger partial charge on any atom is -0.355 e. The van der Waals surface area contributed by atoms with Crippen molar-refractivity contribution in [1.82, 2.24) is 10.2 Å². The molecular weight excluding hydrogens is 593 g/mol. The molecule has 1 atom stereocenters. The fraction of sp³-hybridized carbons (Fsp3) is 0.310. The molecule has 214 valence electrons. The fourth-order valence-corrected chi connectivity index (χ4v) is 6.26. The van der Waals surface area contributed by atoms with Gasteiger partial charge in [0.05, 0.1) is 10.6 Å². The van der Waals surface area contributed by atoms with E-state index in [0.29, 0.717) is 32.9 Å². The summed E-state index contributed by atoms with van der Waals surface area (Å²) >= 11 is 18.9. The first kappa shape index (κ1) is 31.7. The Morgan fingerprint density at radius 3 is 2.08 bits per heavy atom. The second-order valence-electron chi connectivity index (χ2n) is 9.27. The highest BCUT2D eigenvalue weighted by molar-refractivity contribution is 7.92. The number of aryl methyl sites for hydroxylation is 2. The van der Waals surface area contributed by atoms with Gasteiger partial charge in [-0.1, -0.05) is 53.9 Å². The number of carbonyl (C=O) groups is 2. The summed E-state index contributed by atoms with van der Waals surface area (Å²) in [5.41, 5.74) is 2.60. The summed E-state index contributed by atoms with van der Waals surface area (Å²) in [4.78, 5) is 28.4. The van der Waals surface area contributed by atoms with E-state index < -0.39 is 28.5 Å². The normalized spacial score (nSPS) is 12.1. The standard InChI is InChI=1S/C29H32Cl3N3O4S/c1-5-27(29(37)33-6-2)34(17-24-25(31)8-7-9-26(24)32)28(36)18-35(22-13-10-19(3)20(4)16-22)40(38,39)23-14-11-21(30)12-15-23/h7-16,27H,5-6,17-18H2,1-4H3,(H,33,37)/t27-/m1/s1. The first-order valence-electron chi connectivity index (χ1n) is 12.8. The largest absolute Gasteiger partial charge is 0.355 e. The number of hydrogen-bond acceptors (Lipinski definition) is 4. The smallest absolute Gasteiger partial charge is 0.264 e. The third kappa shape index (κ3) is 7.29. The molecule has 11 heteroatoms. The molecule has 0 radical (unpaired) electrons. The zero-order chi connectivity index (χ0) is 29.6. The average molecular weight is 625 g/mol. The molecule has 0 unspecified atom stereocenters. The number of nitrogens with one attached hydrogen (secondary N) is 1. The molecule has 3 aromatic carbocycles. The van der Waals surface area contributed by atoms with Crippen molar-refractivity contribution in [2.75, 3.05) is 17.4 Å². The summed E-state index contributed by atoms with van der Waals surface area (Å²) < 4.78 is 28.9. The van der Waals surface area contributed by atoms with Crippen LogP contribution in [0.1, 0.15) is 37.0 Å². The van der Waals surface area contributed by atoms with Gasteiger partial charge in [0.25, 0.3) is 10.0 Å². The predicted molar refractivity (Wildman–Crippen MR) is 162 cm³/mol. The van der Waals surface area contributed by atoms with Crippen LogP contribution in [0.4, 0.5) is 5.69 Å². The molecule has 0 aliphatic carbocycles. The number of sulfonamides is 1. The van der Waals surface area contributed by atoms with Crippen molar-refractivity contribution in [3.63, 3.8) is 0 Å². The molecule has 3 aromatic rings. The van der Waals surface area contributed by atoms with Gasteiger partial charge in [0.15, 0.2) is 0 Å². The average Bonchev–Trinajstić information content (AvgIpc) is 2.90. The highest BCUT2D eigenvalue weighted by Gasteiger charge is 2.34. The minimum absolute atomic E-state index is 0.0283. The van der Waals surface area contributed by atoms with Crippen LogP contribution < -0.4 is 9.62 Å². The Balaban J connectivity index is 2.12. The van der Waals surface area contributed by atoms with Crippen molar-refractivity contribution in [3.8, 4) is 0 Å². The van der Waals surface area contributed by atoms with Crippen LogP contribution >= 0.6 is 34.8 Å². The maximum Gasteiger partial charge on any atom is 0.264 e. The molecule has 0 saturated heterocycles. The van der Waals surface area contributed by atoms with Gasteiger partial charge in [-0.05, 0) is 86.8 Å². The molecular formula is C29H32Cl3N3O4S. The summed E-state index contributed by atoms with van der Waals surface area (Å²) in [5, 5.41) is 3.80. The van der Waals surface area contributed by atoms with E-state index in [4.69, 9.17) is 34.8 Å². The minimum atomic E-state index is -4.21. The van der Waals surface area contributed by atoms with Gasteiger partial charge in [0, 0.05) is 33.7 Å². The topological polar surface area (TPSA) is 86.8 Å².